The molecule has 0 bridgehead atoms. The van der Waals surface area contributed by atoms with Crippen molar-refractivity contribution in [3.05, 3.63) is 11.9 Å². The molecule has 0 aromatic carbocycles. The van der Waals surface area contributed by atoms with Crippen molar-refractivity contribution in [2.24, 2.45) is 18.9 Å². The van der Waals surface area contributed by atoms with Gasteiger partial charge in [0, 0.05) is 7.05 Å². The second kappa shape index (κ2) is 4.95. The number of aromatic nitrogens is 3. The molecule has 0 aliphatic heterocycles. The van der Waals surface area contributed by atoms with E-state index in [1.807, 2.05) is 17.9 Å². The van der Waals surface area contributed by atoms with Gasteiger partial charge in [0.25, 0.3) is 0 Å². The molecule has 0 spiro atoms. The Hall–Kier alpha value is -0.900. The maximum absolute atomic E-state index is 4.04. The maximum atomic E-state index is 4.04. The van der Waals surface area contributed by atoms with Crippen molar-refractivity contribution in [2.45, 2.75) is 39.2 Å². The highest BCUT2D eigenvalue weighted by molar-refractivity contribution is 5.05. The van der Waals surface area contributed by atoms with Crippen LogP contribution in [0.25, 0.3) is 0 Å². The van der Waals surface area contributed by atoms with E-state index in [-0.39, 0.29) is 0 Å². The molecule has 1 aliphatic rings. The van der Waals surface area contributed by atoms with Crippen molar-refractivity contribution >= 4 is 0 Å². The highest BCUT2D eigenvalue weighted by atomic mass is 15.4. The third kappa shape index (κ3) is 2.26. The molecular weight excluding hydrogens is 200 g/mol. The van der Waals surface area contributed by atoms with Gasteiger partial charge in [-0.15, -0.1) is 5.10 Å². The third-order valence-corrected chi connectivity index (χ3v) is 3.70. The highest BCUT2D eigenvalue weighted by Crippen LogP contribution is 2.38. The minimum atomic E-state index is 0.426. The molecule has 1 fully saturated rings. The average molecular weight is 222 g/mol. The summed E-state index contributed by atoms with van der Waals surface area (Å²) in [4.78, 5) is 0. The summed E-state index contributed by atoms with van der Waals surface area (Å²) in [5, 5.41) is 11.6. The zero-order valence-corrected chi connectivity index (χ0v) is 10.5. The Balaban J connectivity index is 2.14. The van der Waals surface area contributed by atoms with E-state index in [0.29, 0.717) is 6.04 Å². The number of hydrogen-bond acceptors (Lipinski definition) is 3. The van der Waals surface area contributed by atoms with E-state index in [9.17, 15) is 0 Å². The lowest BCUT2D eigenvalue weighted by Gasteiger charge is -2.24. The van der Waals surface area contributed by atoms with Crippen LogP contribution < -0.4 is 5.32 Å². The van der Waals surface area contributed by atoms with Crippen LogP contribution in [-0.2, 0) is 7.05 Å². The average Bonchev–Trinajstić information content (AvgIpc) is 2.84. The van der Waals surface area contributed by atoms with Crippen LogP contribution in [0.3, 0.4) is 0 Å². The van der Waals surface area contributed by atoms with E-state index in [2.05, 4.69) is 29.5 Å². The van der Waals surface area contributed by atoms with Crippen molar-refractivity contribution in [3.63, 3.8) is 0 Å². The molecule has 4 heteroatoms. The molecular formula is C12H22N4. The van der Waals surface area contributed by atoms with Crippen LogP contribution in [0, 0.1) is 11.8 Å². The molecule has 1 N–H and O–H groups in total. The summed E-state index contributed by atoms with van der Waals surface area (Å²) in [6, 6.07) is 0.426. The molecule has 90 valence electrons. The zero-order valence-electron chi connectivity index (χ0n) is 10.5. The summed E-state index contributed by atoms with van der Waals surface area (Å²) in [6.45, 7) is 5.51. The summed E-state index contributed by atoms with van der Waals surface area (Å²) >= 11 is 0. The Labute approximate surface area is 97.4 Å². The van der Waals surface area contributed by atoms with Crippen LogP contribution in [0.1, 0.15) is 44.8 Å². The molecule has 1 aromatic heterocycles. The van der Waals surface area contributed by atoms with Gasteiger partial charge in [0.1, 0.15) is 0 Å². The predicted molar refractivity (Wildman–Crippen MR) is 63.9 cm³/mol. The first-order valence-corrected chi connectivity index (χ1v) is 6.30. The monoisotopic (exact) mass is 222 g/mol. The molecule has 0 radical (unpaired) electrons. The number of rotatable bonds is 4. The Morgan fingerprint density at radius 2 is 2.38 bits per heavy atom. The first kappa shape index (κ1) is 11.6. The lowest BCUT2D eigenvalue weighted by atomic mass is 9.94. The fourth-order valence-corrected chi connectivity index (χ4v) is 2.87. The third-order valence-electron chi connectivity index (χ3n) is 3.70. The zero-order chi connectivity index (χ0) is 11.5. The van der Waals surface area contributed by atoms with Gasteiger partial charge in [0.15, 0.2) is 0 Å². The Kier molecular flexibility index (Phi) is 3.59. The molecule has 16 heavy (non-hydrogen) atoms. The quantitative estimate of drug-likeness (QED) is 0.846. The van der Waals surface area contributed by atoms with E-state index in [0.717, 1.165) is 18.4 Å². The number of hydrogen-bond donors (Lipinski definition) is 1. The number of nitrogens with zero attached hydrogens (tertiary/aromatic N) is 3. The number of nitrogens with one attached hydrogen (secondary N) is 1. The first-order valence-electron chi connectivity index (χ1n) is 6.30. The standard InChI is InChI=1S/C12H22N4/c1-4-13-12(10-6-5-9(2)7-10)11-8-14-15-16(11)3/h8-10,12-13H,4-7H2,1-3H3. The van der Waals surface area contributed by atoms with E-state index < -0.39 is 0 Å². The van der Waals surface area contributed by atoms with Crippen molar-refractivity contribution in [1.29, 1.82) is 0 Å². The molecule has 1 heterocycles. The summed E-state index contributed by atoms with van der Waals surface area (Å²) in [5.41, 5.74) is 1.22. The summed E-state index contributed by atoms with van der Waals surface area (Å²) in [6.07, 6.45) is 5.90. The Morgan fingerprint density at radius 3 is 2.88 bits per heavy atom. The fraction of sp³-hybridized carbons (Fsp3) is 0.833. The Morgan fingerprint density at radius 1 is 1.56 bits per heavy atom. The van der Waals surface area contributed by atoms with Gasteiger partial charge in [-0.2, -0.15) is 0 Å². The molecule has 3 atom stereocenters. The van der Waals surface area contributed by atoms with Crippen molar-refractivity contribution in [3.8, 4) is 0 Å². The minimum absolute atomic E-state index is 0.426. The van der Waals surface area contributed by atoms with Gasteiger partial charge in [-0.1, -0.05) is 25.5 Å². The van der Waals surface area contributed by atoms with Gasteiger partial charge >= 0.3 is 0 Å². The lowest BCUT2D eigenvalue weighted by Crippen LogP contribution is -2.29. The largest absolute Gasteiger partial charge is 0.309 e. The fourth-order valence-electron chi connectivity index (χ4n) is 2.87. The molecule has 2 rings (SSSR count). The SMILES string of the molecule is CCNC(c1cnnn1C)C1CCC(C)C1. The molecule has 4 nitrogen and oxygen atoms in total. The minimum Gasteiger partial charge on any atom is -0.309 e. The van der Waals surface area contributed by atoms with Crippen LogP contribution in [0.5, 0.6) is 0 Å². The summed E-state index contributed by atoms with van der Waals surface area (Å²) < 4.78 is 1.90. The van der Waals surface area contributed by atoms with Crippen molar-refractivity contribution < 1.29 is 0 Å². The molecule has 1 aromatic rings. The first-order chi connectivity index (χ1) is 7.72. The molecule has 3 unspecified atom stereocenters. The van der Waals surface area contributed by atoms with Crippen molar-refractivity contribution in [1.82, 2.24) is 20.3 Å². The van der Waals surface area contributed by atoms with Crippen LogP contribution in [0.15, 0.2) is 6.20 Å². The van der Waals surface area contributed by atoms with Crippen LogP contribution in [-0.4, -0.2) is 21.5 Å². The summed E-state index contributed by atoms with van der Waals surface area (Å²) in [7, 11) is 1.98. The van der Waals surface area contributed by atoms with Gasteiger partial charge in [-0.05, 0) is 31.2 Å². The van der Waals surface area contributed by atoms with Gasteiger partial charge in [-0.25, -0.2) is 0 Å². The van der Waals surface area contributed by atoms with Gasteiger partial charge in [0.2, 0.25) is 0 Å². The molecule has 1 saturated carbocycles. The van der Waals surface area contributed by atoms with Crippen LogP contribution >= 0.6 is 0 Å². The maximum Gasteiger partial charge on any atom is 0.0756 e. The van der Waals surface area contributed by atoms with Gasteiger partial charge < -0.3 is 5.32 Å². The van der Waals surface area contributed by atoms with E-state index in [1.165, 1.54) is 25.0 Å². The topological polar surface area (TPSA) is 42.7 Å². The highest BCUT2D eigenvalue weighted by Gasteiger charge is 2.30. The van der Waals surface area contributed by atoms with Crippen LogP contribution in [0.4, 0.5) is 0 Å². The second-order valence-corrected chi connectivity index (χ2v) is 5.00. The van der Waals surface area contributed by atoms with E-state index in [4.69, 9.17) is 0 Å². The molecule has 0 saturated heterocycles. The summed E-state index contributed by atoms with van der Waals surface area (Å²) in [5.74, 6) is 1.61. The molecule has 1 aliphatic carbocycles. The van der Waals surface area contributed by atoms with E-state index in [1.54, 1.807) is 0 Å². The normalized spacial score (nSPS) is 27.2. The second-order valence-electron chi connectivity index (χ2n) is 5.00. The van der Waals surface area contributed by atoms with Gasteiger partial charge in [-0.3, -0.25) is 4.68 Å². The Bertz CT molecular complexity index is 334. The van der Waals surface area contributed by atoms with E-state index >= 15 is 0 Å². The van der Waals surface area contributed by atoms with Crippen molar-refractivity contribution in [2.75, 3.05) is 6.54 Å². The smallest absolute Gasteiger partial charge is 0.0756 e. The number of aryl methyl sites for hydroxylation is 1. The van der Waals surface area contributed by atoms with Crippen LogP contribution in [0.2, 0.25) is 0 Å². The van der Waals surface area contributed by atoms with Gasteiger partial charge in [0.05, 0.1) is 17.9 Å². The predicted octanol–water partition coefficient (Wildman–Crippen LogP) is 1.90. The molecule has 0 amide bonds. The lowest BCUT2D eigenvalue weighted by molar-refractivity contribution is 0.348.